The highest BCUT2D eigenvalue weighted by Crippen LogP contribution is 2.29. The molecule has 0 spiro atoms. The van der Waals surface area contributed by atoms with Crippen LogP contribution in [-0.4, -0.2) is 48.6 Å². The molecule has 0 aromatic rings. The molecule has 18 heavy (non-hydrogen) atoms. The third-order valence-corrected chi connectivity index (χ3v) is 4.94. The van der Waals surface area contributed by atoms with Gasteiger partial charge < -0.3 is 4.90 Å². The first kappa shape index (κ1) is 14.3. The molecule has 0 atom stereocenters. The Balaban J connectivity index is 1.70. The summed E-state index contributed by atoms with van der Waals surface area (Å²) in [6, 6.07) is 0.911. The third-order valence-electron chi connectivity index (χ3n) is 4.94. The lowest BCUT2D eigenvalue weighted by Gasteiger charge is -2.42. The van der Waals surface area contributed by atoms with Crippen LogP contribution < -0.4 is 0 Å². The molecular weight excluding hydrogens is 220 g/mol. The molecule has 2 fully saturated rings. The zero-order chi connectivity index (χ0) is 13.0. The Bertz CT molecular complexity index is 223. The Hall–Kier alpha value is -0.0800. The van der Waals surface area contributed by atoms with Crippen LogP contribution in [0.15, 0.2) is 0 Å². The first-order valence-corrected chi connectivity index (χ1v) is 8.15. The van der Waals surface area contributed by atoms with Gasteiger partial charge >= 0.3 is 0 Å². The summed E-state index contributed by atoms with van der Waals surface area (Å²) in [6.45, 7) is 13.5. The molecule has 1 heterocycles. The Morgan fingerprint density at radius 3 is 2.06 bits per heavy atom. The zero-order valence-corrected chi connectivity index (χ0v) is 12.7. The zero-order valence-electron chi connectivity index (χ0n) is 12.7. The SMILES string of the molecule is CCC1CCC(N2CCN(CC(C)C)CC2)CC1. The smallest absolute Gasteiger partial charge is 0.0113 e. The molecule has 2 nitrogen and oxygen atoms in total. The number of hydrogen-bond donors (Lipinski definition) is 0. The van der Waals surface area contributed by atoms with E-state index < -0.39 is 0 Å². The molecule has 0 bridgehead atoms. The molecule has 2 rings (SSSR count). The van der Waals surface area contributed by atoms with Gasteiger partial charge in [0, 0.05) is 38.8 Å². The highest BCUT2D eigenvalue weighted by molar-refractivity contribution is 4.83. The van der Waals surface area contributed by atoms with Crippen LogP contribution in [0.5, 0.6) is 0 Å². The van der Waals surface area contributed by atoms with E-state index >= 15 is 0 Å². The van der Waals surface area contributed by atoms with Gasteiger partial charge in [-0.2, -0.15) is 0 Å². The van der Waals surface area contributed by atoms with Crippen LogP contribution in [-0.2, 0) is 0 Å². The Morgan fingerprint density at radius 2 is 1.56 bits per heavy atom. The van der Waals surface area contributed by atoms with E-state index in [9.17, 15) is 0 Å². The highest BCUT2D eigenvalue weighted by atomic mass is 15.3. The molecule has 1 aliphatic carbocycles. The summed E-state index contributed by atoms with van der Waals surface area (Å²) in [5.74, 6) is 1.85. The summed E-state index contributed by atoms with van der Waals surface area (Å²) < 4.78 is 0. The van der Waals surface area contributed by atoms with Crippen LogP contribution in [0, 0.1) is 11.8 Å². The number of rotatable bonds is 4. The summed E-state index contributed by atoms with van der Waals surface area (Å²) in [4.78, 5) is 5.43. The number of piperazine rings is 1. The van der Waals surface area contributed by atoms with Crippen LogP contribution >= 0.6 is 0 Å². The lowest BCUT2D eigenvalue weighted by atomic mass is 9.84. The van der Waals surface area contributed by atoms with E-state index in [1.807, 2.05) is 0 Å². The van der Waals surface area contributed by atoms with Gasteiger partial charge in [-0.25, -0.2) is 0 Å². The van der Waals surface area contributed by atoms with Crippen LogP contribution in [0.4, 0.5) is 0 Å². The number of nitrogens with zero attached hydrogens (tertiary/aromatic N) is 2. The van der Waals surface area contributed by atoms with Crippen molar-refractivity contribution in [2.24, 2.45) is 11.8 Å². The summed E-state index contributed by atoms with van der Waals surface area (Å²) in [7, 11) is 0. The van der Waals surface area contributed by atoms with E-state index in [1.54, 1.807) is 0 Å². The molecule has 0 amide bonds. The standard InChI is InChI=1S/C16H32N2/c1-4-15-5-7-16(8-6-15)18-11-9-17(10-12-18)13-14(2)3/h14-16H,4-13H2,1-3H3. The van der Waals surface area contributed by atoms with Crippen molar-refractivity contribution in [1.29, 1.82) is 0 Å². The third kappa shape index (κ3) is 3.96. The van der Waals surface area contributed by atoms with Crippen molar-refractivity contribution >= 4 is 0 Å². The van der Waals surface area contributed by atoms with E-state index in [0.717, 1.165) is 17.9 Å². The molecule has 0 aromatic heterocycles. The fourth-order valence-corrected chi connectivity index (χ4v) is 3.75. The van der Waals surface area contributed by atoms with E-state index in [1.165, 1.54) is 64.8 Å². The largest absolute Gasteiger partial charge is 0.301 e. The topological polar surface area (TPSA) is 6.48 Å². The second-order valence-corrected chi connectivity index (χ2v) is 6.81. The minimum atomic E-state index is 0.816. The van der Waals surface area contributed by atoms with Crippen LogP contribution in [0.3, 0.4) is 0 Å². The molecule has 2 heteroatoms. The second kappa shape index (κ2) is 6.91. The van der Waals surface area contributed by atoms with Gasteiger partial charge in [-0.3, -0.25) is 4.90 Å². The normalized spacial score (nSPS) is 32.0. The van der Waals surface area contributed by atoms with E-state index in [4.69, 9.17) is 0 Å². The fraction of sp³-hybridized carbons (Fsp3) is 1.00. The monoisotopic (exact) mass is 252 g/mol. The van der Waals surface area contributed by atoms with Crippen molar-refractivity contribution in [3.63, 3.8) is 0 Å². The van der Waals surface area contributed by atoms with Crippen LogP contribution in [0.2, 0.25) is 0 Å². The first-order chi connectivity index (χ1) is 8.69. The quantitative estimate of drug-likeness (QED) is 0.758. The maximum atomic E-state index is 2.78. The van der Waals surface area contributed by atoms with Crippen molar-refractivity contribution in [3.05, 3.63) is 0 Å². The number of hydrogen-bond acceptors (Lipinski definition) is 2. The Morgan fingerprint density at radius 1 is 0.944 bits per heavy atom. The fourth-order valence-electron chi connectivity index (χ4n) is 3.75. The minimum absolute atomic E-state index is 0.816. The van der Waals surface area contributed by atoms with E-state index in [0.29, 0.717) is 0 Å². The van der Waals surface area contributed by atoms with Crippen molar-refractivity contribution in [2.75, 3.05) is 32.7 Å². The average molecular weight is 252 g/mol. The molecule has 0 aromatic carbocycles. The van der Waals surface area contributed by atoms with Crippen molar-refractivity contribution in [2.45, 2.75) is 58.9 Å². The molecule has 0 radical (unpaired) electrons. The summed E-state index contributed by atoms with van der Waals surface area (Å²) in [5, 5.41) is 0. The second-order valence-electron chi connectivity index (χ2n) is 6.81. The lowest BCUT2D eigenvalue weighted by molar-refractivity contribution is 0.0654. The van der Waals surface area contributed by atoms with E-state index in [2.05, 4.69) is 30.6 Å². The van der Waals surface area contributed by atoms with Gasteiger partial charge in [0.2, 0.25) is 0 Å². The molecule has 1 saturated heterocycles. The van der Waals surface area contributed by atoms with Gasteiger partial charge in [-0.05, 0) is 37.5 Å². The molecule has 2 aliphatic rings. The molecule has 1 saturated carbocycles. The molecule has 0 unspecified atom stereocenters. The van der Waals surface area contributed by atoms with Crippen molar-refractivity contribution in [3.8, 4) is 0 Å². The van der Waals surface area contributed by atoms with Crippen LogP contribution in [0.1, 0.15) is 52.9 Å². The lowest BCUT2D eigenvalue weighted by Crippen LogP contribution is -2.51. The molecular formula is C16H32N2. The predicted molar refractivity (Wildman–Crippen MR) is 78.9 cm³/mol. The summed E-state index contributed by atoms with van der Waals surface area (Å²) in [5.41, 5.74) is 0. The summed E-state index contributed by atoms with van der Waals surface area (Å²) in [6.07, 6.45) is 7.28. The van der Waals surface area contributed by atoms with Crippen LogP contribution in [0.25, 0.3) is 0 Å². The predicted octanol–water partition coefficient (Wildman–Crippen LogP) is 3.23. The van der Waals surface area contributed by atoms with E-state index in [-0.39, 0.29) is 0 Å². The molecule has 106 valence electrons. The van der Waals surface area contributed by atoms with Gasteiger partial charge in [0.05, 0.1) is 0 Å². The van der Waals surface area contributed by atoms with Gasteiger partial charge in [-0.15, -0.1) is 0 Å². The Kier molecular flexibility index (Phi) is 5.50. The highest BCUT2D eigenvalue weighted by Gasteiger charge is 2.27. The Labute approximate surface area is 114 Å². The average Bonchev–Trinajstić information content (AvgIpc) is 2.39. The van der Waals surface area contributed by atoms with Gasteiger partial charge in [0.1, 0.15) is 0 Å². The minimum Gasteiger partial charge on any atom is -0.301 e. The van der Waals surface area contributed by atoms with Crippen molar-refractivity contribution in [1.82, 2.24) is 9.80 Å². The molecule has 0 N–H and O–H groups in total. The maximum Gasteiger partial charge on any atom is 0.0113 e. The summed E-state index contributed by atoms with van der Waals surface area (Å²) >= 11 is 0. The molecule has 1 aliphatic heterocycles. The van der Waals surface area contributed by atoms with Gasteiger partial charge in [-0.1, -0.05) is 27.2 Å². The van der Waals surface area contributed by atoms with Gasteiger partial charge in [0.15, 0.2) is 0 Å². The maximum absolute atomic E-state index is 2.78. The van der Waals surface area contributed by atoms with Crippen molar-refractivity contribution < 1.29 is 0 Å². The first-order valence-electron chi connectivity index (χ1n) is 8.15. The van der Waals surface area contributed by atoms with Gasteiger partial charge in [0.25, 0.3) is 0 Å².